The SMILES string of the molecule is CC(C)(N)C/C=C/C(=O)N[C@H](Cc1c[nH]c2ccccc12)C(=O)N1CCC[C@@](Cc2ccccc2)(C(=O)O)C1. The summed E-state index contributed by atoms with van der Waals surface area (Å²) in [6.45, 7) is 4.28. The molecule has 2 atom stereocenters. The normalized spacial score (nSPS) is 18.8. The van der Waals surface area contributed by atoms with Gasteiger partial charge in [0.15, 0.2) is 0 Å². The summed E-state index contributed by atoms with van der Waals surface area (Å²) in [5.74, 6) is -1.57. The smallest absolute Gasteiger partial charge is 0.311 e. The molecule has 2 amide bonds. The van der Waals surface area contributed by atoms with Crippen molar-refractivity contribution in [1.29, 1.82) is 0 Å². The molecule has 0 radical (unpaired) electrons. The Balaban J connectivity index is 1.58. The molecule has 206 valence electrons. The van der Waals surface area contributed by atoms with Gasteiger partial charge in [-0.3, -0.25) is 14.4 Å². The van der Waals surface area contributed by atoms with Gasteiger partial charge >= 0.3 is 5.97 Å². The van der Waals surface area contributed by atoms with Crippen LogP contribution in [0.15, 0.2) is 72.9 Å². The average molecular weight is 531 g/mol. The lowest BCUT2D eigenvalue weighted by Crippen LogP contribution is -2.56. The number of nitrogens with zero attached hydrogens (tertiary/aromatic N) is 1. The fraction of sp³-hybridized carbons (Fsp3) is 0.387. The van der Waals surface area contributed by atoms with Gasteiger partial charge in [-0.2, -0.15) is 0 Å². The minimum Gasteiger partial charge on any atom is -0.481 e. The molecule has 0 saturated carbocycles. The van der Waals surface area contributed by atoms with Crippen molar-refractivity contribution in [3.8, 4) is 0 Å². The number of benzene rings is 2. The number of carboxylic acid groups (broad SMARTS) is 1. The van der Waals surface area contributed by atoms with Crippen LogP contribution >= 0.6 is 0 Å². The third kappa shape index (κ3) is 7.15. The lowest BCUT2D eigenvalue weighted by Gasteiger charge is -2.41. The molecule has 5 N–H and O–H groups in total. The van der Waals surface area contributed by atoms with Gasteiger partial charge in [0.05, 0.1) is 5.41 Å². The van der Waals surface area contributed by atoms with Crippen LogP contribution in [0.2, 0.25) is 0 Å². The molecule has 4 rings (SSSR count). The first-order chi connectivity index (χ1) is 18.6. The second kappa shape index (κ2) is 11.9. The number of hydrogen-bond acceptors (Lipinski definition) is 4. The van der Waals surface area contributed by atoms with E-state index in [1.165, 1.54) is 6.08 Å². The van der Waals surface area contributed by atoms with Gasteiger partial charge in [-0.05, 0) is 62.8 Å². The molecule has 0 aliphatic carbocycles. The molecule has 2 heterocycles. The minimum absolute atomic E-state index is 0.0908. The maximum atomic E-state index is 14.0. The number of nitrogens with two attached hydrogens (primary N) is 1. The van der Waals surface area contributed by atoms with Gasteiger partial charge in [-0.1, -0.05) is 54.6 Å². The largest absolute Gasteiger partial charge is 0.481 e. The first-order valence-electron chi connectivity index (χ1n) is 13.4. The number of fused-ring (bicyclic) bond motifs is 1. The fourth-order valence-corrected chi connectivity index (χ4v) is 5.33. The van der Waals surface area contributed by atoms with Gasteiger partial charge in [0.25, 0.3) is 0 Å². The number of hydrogen-bond donors (Lipinski definition) is 4. The molecule has 0 spiro atoms. The molecule has 0 bridgehead atoms. The van der Waals surface area contributed by atoms with Crippen LogP contribution in [0.1, 0.15) is 44.2 Å². The number of piperidine rings is 1. The molecule has 3 aromatic rings. The number of aromatic amines is 1. The van der Waals surface area contributed by atoms with Crippen LogP contribution in [0.4, 0.5) is 0 Å². The molecule has 1 aliphatic rings. The van der Waals surface area contributed by atoms with Crippen LogP contribution in [-0.4, -0.2) is 57.4 Å². The molecule has 1 aliphatic heterocycles. The van der Waals surface area contributed by atoms with Crippen LogP contribution in [0.3, 0.4) is 0 Å². The summed E-state index contributed by atoms with van der Waals surface area (Å²) < 4.78 is 0. The topological polar surface area (TPSA) is 129 Å². The van der Waals surface area contributed by atoms with Crippen molar-refractivity contribution in [2.45, 2.75) is 57.5 Å². The van der Waals surface area contributed by atoms with Crippen LogP contribution in [0.25, 0.3) is 10.9 Å². The second-order valence-corrected chi connectivity index (χ2v) is 11.3. The van der Waals surface area contributed by atoms with Gasteiger partial charge in [-0.15, -0.1) is 0 Å². The zero-order chi connectivity index (χ0) is 28.0. The van der Waals surface area contributed by atoms with E-state index in [2.05, 4.69) is 10.3 Å². The number of aromatic nitrogens is 1. The number of rotatable bonds is 10. The van der Waals surface area contributed by atoms with Crippen LogP contribution in [0, 0.1) is 5.41 Å². The van der Waals surface area contributed by atoms with Gasteiger partial charge in [0.2, 0.25) is 11.8 Å². The summed E-state index contributed by atoms with van der Waals surface area (Å²) >= 11 is 0. The number of para-hydroxylation sites is 1. The van der Waals surface area contributed by atoms with Gasteiger partial charge in [0, 0.05) is 42.1 Å². The Labute approximate surface area is 229 Å². The van der Waals surface area contributed by atoms with Crippen LogP contribution in [0.5, 0.6) is 0 Å². The Kier molecular flexibility index (Phi) is 8.55. The number of likely N-dealkylation sites (tertiary alicyclic amines) is 1. The Bertz CT molecular complexity index is 1340. The molecular formula is C31H38N4O4. The zero-order valence-corrected chi connectivity index (χ0v) is 22.7. The van der Waals surface area contributed by atoms with E-state index in [1.807, 2.05) is 74.6 Å². The number of amides is 2. The van der Waals surface area contributed by atoms with Crippen molar-refractivity contribution in [1.82, 2.24) is 15.2 Å². The molecule has 2 aromatic carbocycles. The van der Waals surface area contributed by atoms with E-state index < -0.39 is 23.0 Å². The molecule has 1 saturated heterocycles. The first-order valence-corrected chi connectivity index (χ1v) is 13.4. The predicted octanol–water partition coefficient (Wildman–Crippen LogP) is 3.81. The van der Waals surface area contributed by atoms with Crippen molar-refractivity contribution in [2.75, 3.05) is 13.1 Å². The maximum Gasteiger partial charge on any atom is 0.311 e. The number of H-pyrrole nitrogens is 1. The van der Waals surface area contributed by atoms with E-state index in [4.69, 9.17) is 5.73 Å². The lowest BCUT2D eigenvalue weighted by molar-refractivity contribution is -0.155. The quantitative estimate of drug-likeness (QED) is 0.296. The van der Waals surface area contributed by atoms with Crippen molar-refractivity contribution in [3.05, 3.63) is 84.1 Å². The third-order valence-electron chi connectivity index (χ3n) is 7.35. The molecule has 8 heteroatoms. The first kappa shape index (κ1) is 28.1. The number of carbonyl (C=O) groups excluding carboxylic acids is 2. The zero-order valence-electron chi connectivity index (χ0n) is 22.7. The molecule has 1 fully saturated rings. The van der Waals surface area contributed by atoms with E-state index in [9.17, 15) is 19.5 Å². The molecule has 39 heavy (non-hydrogen) atoms. The summed E-state index contributed by atoms with van der Waals surface area (Å²) in [6.07, 6.45) is 7.16. The van der Waals surface area contributed by atoms with E-state index in [1.54, 1.807) is 11.0 Å². The Morgan fingerprint density at radius 1 is 1.15 bits per heavy atom. The molecular weight excluding hydrogens is 492 g/mol. The monoisotopic (exact) mass is 530 g/mol. The Morgan fingerprint density at radius 2 is 1.87 bits per heavy atom. The van der Waals surface area contributed by atoms with Crippen molar-refractivity contribution in [3.63, 3.8) is 0 Å². The van der Waals surface area contributed by atoms with E-state index in [0.29, 0.717) is 32.2 Å². The maximum absolute atomic E-state index is 14.0. The van der Waals surface area contributed by atoms with Gasteiger partial charge < -0.3 is 26.0 Å². The average Bonchev–Trinajstić information content (AvgIpc) is 3.30. The van der Waals surface area contributed by atoms with Crippen LogP contribution < -0.4 is 11.1 Å². The summed E-state index contributed by atoms with van der Waals surface area (Å²) in [5.41, 5.74) is 7.25. The highest BCUT2D eigenvalue weighted by molar-refractivity contribution is 5.94. The van der Waals surface area contributed by atoms with E-state index in [0.717, 1.165) is 22.0 Å². The Hall–Kier alpha value is -3.91. The van der Waals surface area contributed by atoms with Gasteiger partial charge in [0.1, 0.15) is 6.04 Å². The lowest BCUT2D eigenvalue weighted by atomic mass is 9.75. The van der Waals surface area contributed by atoms with Gasteiger partial charge in [-0.25, -0.2) is 0 Å². The highest BCUT2D eigenvalue weighted by Gasteiger charge is 2.44. The standard InChI is InChI=1S/C31H38N4O4/c1-30(2,32)15-8-14-27(36)34-26(18-23-20-33-25-13-7-6-12-24(23)25)28(37)35-17-9-16-31(21-35,29(38)39)19-22-10-4-3-5-11-22/h3-8,10-14,20,26,33H,9,15-19,21,32H2,1-2H3,(H,34,36)(H,38,39)/b14-8+/t26-,31+/m1/s1. The van der Waals surface area contributed by atoms with Crippen molar-refractivity contribution in [2.24, 2.45) is 11.1 Å². The van der Waals surface area contributed by atoms with Crippen LogP contribution in [-0.2, 0) is 27.2 Å². The minimum atomic E-state index is -1.09. The number of carboxylic acids is 1. The van der Waals surface area contributed by atoms with E-state index >= 15 is 0 Å². The number of nitrogens with one attached hydrogen (secondary N) is 2. The summed E-state index contributed by atoms with van der Waals surface area (Å²) in [6, 6.07) is 16.5. The number of aliphatic carboxylic acids is 1. The van der Waals surface area contributed by atoms with Crippen molar-refractivity contribution < 1.29 is 19.5 Å². The summed E-state index contributed by atoms with van der Waals surface area (Å²) in [7, 11) is 0. The summed E-state index contributed by atoms with van der Waals surface area (Å²) in [5, 5.41) is 14.2. The highest BCUT2D eigenvalue weighted by Crippen LogP contribution is 2.35. The fourth-order valence-electron chi connectivity index (χ4n) is 5.33. The highest BCUT2D eigenvalue weighted by atomic mass is 16.4. The third-order valence-corrected chi connectivity index (χ3v) is 7.35. The second-order valence-electron chi connectivity index (χ2n) is 11.3. The van der Waals surface area contributed by atoms with Crippen molar-refractivity contribution >= 4 is 28.7 Å². The molecule has 1 aromatic heterocycles. The predicted molar refractivity (Wildman–Crippen MR) is 152 cm³/mol. The van der Waals surface area contributed by atoms with E-state index in [-0.39, 0.29) is 24.8 Å². The summed E-state index contributed by atoms with van der Waals surface area (Å²) in [4.78, 5) is 44.3. The molecule has 0 unspecified atom stereocenters. The Morgan fingerprint density at radius 3 is 2.59 bits per heavy atom. The molecule has 8 nitrogen and oxygen atoms in total. The number of carbonyl (C=O) groups is 3.